The SMILES string of the molecule is N#Cc1ccc(S(=O)(=O)N2CCCCC2)c(C(=O)CC(C=O)c2cc(S(=O)(=O)N3CCCCC3)ccc2Cl)c1COCC(=O)c1ccccc1. The second-order valence-corrected chi connectivity index (χ2v) is 16.6. The van der Waals surface area contributed by atoms with Gasteiger partial charge in [-0.1, -0.05) is 54.8 Å². The number of benzene rings is 3. The van der Waals surface area contributed by atoms with Crippen molar-refractivity contribution in [2.24, 2.45) is 0 Å². The Labute approximate surface area is 297 Å². The van der Waals surface area contributed by atoms with E-state index in [0.29, 0.717) is 37.8 Å². The molecule has 2 saturated heterocycles. The van der Waals surface area contributed by atoms with Gasteiger partial charge >= 0.3 is 0 Å². The molecule has 2 aliphatic heterocycles. The number of carbonyl (C=O) groups is 3. The molecule has 0 aromatic heterocycles. The van der Waals surface area contributed by atoms with Crippen molar-refractivity contribution < 1.29 is 36.0 Å². The van der Waals surface area contributed by atoms with Gasteiger partial charge in [0.1, 0.15) is 12.9 Å². The number of piperidine rings is 2. The highest BCUT2D eigenvalue weighted by Gasteiger charge is 2.34. The molecular formula is C36H38ClN3O8S2. The number of sulfonamides is 2. The van der Waals surface area contributed by atoms with Crippen LogP contribution in [0.5, 0.6) is 0 Å². The second kappa shape index (κ2) is 16.5. The van der Waals surface area contributed by atoms with Gasteiger partial charge in [0, 0.05) is 60.2 Å². The number of hydrogen-bond acceptors (Lipinski definition) is 9. The van der Waals surface area contributed by atoms with E-state index in [1.807, 2.05) is 6.07 Å². The van der Waals surface area contributed by atoms with E-state index < -0.39 is 51.4 Å². The van der Waals surface area contributed by atoms with Crippen LogP contribution in [0.25, 0.3) is 0 Å². The minimum atomic E-state index is -4.24. The first-order valence-corrected chi connectivity index (χ1v) is 19.7. The molecule has 2 fully saturated rings. The first-order valence-electron chi connectivity index (χ1n) is 16.5. The van der Waals surface area contributed by atoms with Crippen molar-refractivity contribution in [2.45, 2.75) is 67.3 Å². The summed E-state index contributed by atoms with van der Waals surface area (Å²) in [6.07, 6.45) is 4.39. The maximum absolute atomic E-state index is 14.3. The molecule has 11 nitrogen and oxygen atoms in total. The number of hydrogen-bond donors (Lipinski definition) is 0. The van der Waals surface area contributed by atoms with E-state index in [9.17, 15) is 36.5 Å². The van der Waals surface area contributed by atoms with E-state index in [2.05, 4.69) is 0 Å². The molecule has 2 heterocycles. The first-order chi connectivity index (χ1) is 24.0. The van der Waals surface area contributed by atoms with Gasteiger partial charge in [-0.25, -0.2) is 16.8 Å². The van der Waals surface area contributed by atoms with Crippen LogP contribution in [-0.4, -0.2) is 76.1 Å². The summed E-state index contributed by atoms with van der Waals surface area (Å²) >= 11 is 6.49. The van der Waals surface area contributed by atoms with E-state index in [-0.39, 0.29) is 55.9 Å². The number of nitrogens with zero attached hydrogens (tertiary/aromatic N) is 3. The Morgan fingerprint density at radius 3 is 2.06 bits per heavy atom. The molecule has 0 radical (unpaired) electrons. The Morgan fingerprint density at radius 2 is 1.46 bits per heavy atom. The summed E-state index contributed by atoms with van der Waals surface area (Å²) in [7, 11) is -8.15. The minimum Gasteiger partial charge on any atom is -0.369 e. The van der Waals surface area contributed by atoms with Crippen molar-refractivity contribution in [3.63, 3.8) is 0 Å². The summed E-state index contributed by atoms with van der Waals surface area (Å²) in [4.78, 5) is 39.3. The number of carbonyl (C=O) groups excluding carboxylic acids is 3. The molecule has 0 bridgehead atoms. The molecule has 0 aliphatic carbocycles. The van der Waals surface area contributed by atoms with Crippen LogP contribution in [0.3, 0.4) is 0 Å². The summed E-state index contributed by atoms with van der Waals surface area (Å²) in [5.41, 5.74) is 0.0982. The van der Waals surface area contributed by atoms with Crippen LogP contribution in [0.15, 0.2) is 70.5 Å². The molecule has 1 atom stereocenters. The Hall–Kier alpha value is -3.77. The average Bonchev–Trinajstić information content (AvgIpc) is 3.14. The lowest BCUT2D eigenvalue weighted by molar-refractivity contribution is -0.109. The number of aldehydes is 1. The molecule has 2 aliphatic rings. The van der Waals surface area contributed by atoms with Crippen LogP contribution in [0, 0.1) is 11.3 Å². The van der Waals surface area contributed by atoms with Crippen molar-refractivity contribution >= 4 is 49.5 Å². The van der Waals surface area contributed by atoms with Crippen molar-refractivity contribution in [3.05, 3.63) is 93.5 Å². The van der Waals surface area contributed by atoms with Gasteiger partial charge in [0.15, 0.2) is 11.6 Å². The van der Waals surface area contributed by atoms with E-state index >= 15 is 0 Å². The van der Waals surface area contributed by atoms with Crippen molar-refractivity contribution in [1.29, 1.82) is 5.26 Å². The second-order valence-electron chi connectivity index (χ2n) is 12.3. The van der Waals surface area contributed by atoms with Crippen LogP contribution >= 0.6 is 11.6 Å². The molecule has 0 N–H and O–H groups in total. The van der Waals surface area contributed by atoms with Crippen molar-refractivity contribution in [3.8, 4) is 6.07 Å². The largest absolute Gasteiger partial charge is 0.369 e. The minimum absolute atomic E-state index is 0.0337. The third-order valence-electron chi connectivity index (χ3n) is 9.07. The van der Waals surface area contributed by atoms with Gasteiger partial charge in [0.2, 0.25) is 20.0 Å². The third kappa shape index (κ3) is 8.23. The zero-order valence-electron chi connectivity index (χ0n) is 27.4. The van der Waals surface area contributed by atoms with Crippen LogP contribution < -0.4 is 0 Å². The van der Waals surface area contributed by atoms with Gasteiger partial charge in [-0.15, -0.1) is 0 Å². The topological polar surface area (TPSA) is 159 Å². The highest BCUT2D eigenvalue weighted by atomic mass is 35.5. The average molecular weight is 740 g/mol. The summed E-state index contributed by atoms with van der Waals surface area (Å²) < 4.78 is 63.4. The van der Waals surface area contributed by atoms with E-state index in [4.69, 9.17) is 16.3 Å². The molecule has 3 aromatic carbocycles. The number of ether oxygens (including phenoxy) is 1. The van der Waals surface area contributed by atoms with Gasteiger partial charge < -0.3 is 9.53 Å². The Balaban J connectivity index is 1.53. The van der Waals surface area contributed by atoms with Crippen LogP contribution in [-0.2, 0) is 36.2 Å². The summed E-state index contributed by atoms with van der Waals surface area (Å²) in [5.74, 6) is -2.40. The molecule has 50 heavy (non-hydrogen) atoms. The fourth-order valence-corrected chi connectivity index (χ4v) is 9.92. The summed E-state index contributed by atoms with van der Waals surface area (Å²) in [5, 5.41) is 10.1. The van der Waals surface area contributed by atoms with E-state index in [1.54, 1.807) is 30.3 Å². The molecule has 264 valence electrons. The van der Waals surface area contributed by atoms with Crippen molar-refractivity contribution in [1.82, 2.24) is 8.61 Å². The molecular weight excluding hydrogens is 702 g/mol. The Kier molecular flexibility index (Phi) is 12.4. The number of nitriles is 1. The molecule has 5 rings (SSSR count). The highest BCUT2D eigenvalue weighted by molar-refractivity contribution is 7.89. The third-order valence-corrected chi connectivity index (χ3v) is 13.3. The smallest absolute Gasteiger partial charge is 0.243 e. The quantitative estimate of drug-likeness (QED) is 0.153. The fourth-order valence-electron chi connectivity index (χ4n) is 6.35. The fraction of sp³-hybridized carbons (Fsp3) is 0.389. The van der Waals surface area contributed by atoms with Gasteiger partial charge in [-0.3, -0.25) is 9.59 Å². The lowest BCUT2D eigenvalue weighted by Gasteiger charge is -2.27. The standard InChI is InChI=1S/C36H38ClN3O8S2/c37-32-14-13-29(49(44,45)39-16-6-2-7-17-39)21-30(32)28(23-41)20-33(42)36-31(24-48-25-34(43)26-10-4-1-5-11-26)27(22-38)12-15-35(36)50(46,47)40-18-8-3-9-19-40/h1,4-5,10-15,21,23,28H,2-3,6-9,16-20,24-25H2. The van der Waals surface area contributed by atoms with E-state index in [1.165, 1.54) is 38.9 Å². The lowest BCUT2D eigenvalue weighted by Crippen LogP contribution is -2.36. The number of Topliss-reactive ketones (excluding diaryl/α,β-unsaturated/α-hetero) is 2. The maximum Gasteiger partial charge on any atom is 0.243 e. The first kappa shape index (κ1) is 37.5. The van der Waals surface area contributed by atoms with Crippen LogP contribution in [0.1, 0.15) is 88.3 Å². The zero-order valence-corrected chi connectivity index (χ0v) is 29.8. The van der Waals surface area contributed by atoms with Gasteiger partial charge in [-0.2, -0.15) is 13.9 Å². The van der Waals surface area contributed by atoms with Crippen molar-refractivity contribution in [2.75, 3.05) is 32.8 Å². The Morgan fingerprint density at radius 1 is 0.840 bits per heavy atom. The van der Waals surface area contributed by atoms with Gasteiger partial charge in [0.05, 0.1) is 28.0 Å². The number of ketones is 2. The molecule has 0 amide bonds. The maximum atomic E-state index is 14.3. The normalized spacial score (nSPS) is 16.7. The summed E-state index contributed by atoms with van der Waals surface area (Å²) in [6.45, 7) is 0.372. The summed E-state index contributed by atoms with van der Waals surface area (Å²) in [6, 6.07) is 16.9. The van der Waals surface area contributed by atoms with Gasteiger partial charge in [0.25, 0.3) is 0 Å². The zero-order chi connectivity index (χ0) is 35.9. The highest BCUT2D eigenvalue weighted by Crippen LogP contribution is 2.34. The molecule has 14 heteroatoms. The van der Waals surface area contributed by atoms with Crippen LogP contribution in [0.2, 0.25) is 5.02 Å². The van der Waals surface area contributed by atoms with E-state index in [0.717, 1.165) is 25.7 Å². The van der Waals surface area contributed by atoms with Gasteiger partial charge in [-0.05, 0) is 61.6 Å². The van der Waals surface area contributed by atoms with Crippen LogP contribution in [0.4, 0.5) is 0 Å². The molecule has 0 saturated carbocycles. The molecule has 1 unspecified atom stereocenters. The Bertz CT molecular complexity index is 2000. The molecule has 3 aromatic rings. The molecule has 0 spiro atoms. The monoisotopic (exact) mass is 739 g/mol. The predicted octanol–water partition coefficient (Wildman–Crippen LogP) is 5.52. The number of halogens is 1. The predicted molar refractivity (Wildman–Crippen MR) is 186 cm³/mol. The lowest BCUT2D eigenvalue weighted by atomic mass is 9.90. The number of rotatable bonds is 14.